The van der Waals surface area contributed by atoms with Gasteiger partial charge in [0.2, 0.25) is 0 Å². The number of hydrogen-bond donors (Lipinski definition) is 0. The molecule has 334 valence electrons. The van der Waals surface area contributed by atoms with E-state index in [0.29, 0.717) is 0 Å². The smallest absolute Gasteiger partial charge is 0.136 e. The molecule has 0 fully saturated rings. The molecule has 0 aliphatic carbocycles. The van der Waals surface area contributed by atoms with Crippen LogP contribution in [0.1, 0.15) is 5.56 Å². The molecule has 0 spiro atoms. The Hall–Kier alpha value is -9.38. The summed E-state index contributed by atoms with van der Waals surface area (Å²) in [6.07, 6.45) is 0. The summed E-state index contributed by atoms with van der Waals surface area (Å²) >= 11 is 0. The fourth-order valence-electron chi connectivity index (χ4n) is 10.8. The van der Waals surface area contributed by atoms with Gasteiger partial charge in [-0.25, -0.2) is 0 Å². The third kappa shape index (κ3) is 6.83. The number of fused-ring (bicyclic) bond motifs is 12. The molecule has 71 heavy (non-hydrogen) atoms. The van der Waals surface area contributed by atoms with Gasteiger partial charge in [-0.2, -0.15) is 0 Å². The van der Waals surface area contributed by atoms with Crippen molar-refractivity contribution in [3.05, 3.63) is 254 Å². The summed E-state index contributed by atoms with van der Waals surface area (Å²) in [5.41, 5.74) is 18.8. The Balaban J connectivity index is 0.000000622. The van der Waals surface area contributed by atoms with Crippen molar-refractivity contribution in [2.24, 2.45) is 0 Å². The lowest BCUT2D eigenvalue weighted by atomic mass is 9.97. The predicted octanol–water partition coefficient (Wildman–Crippen LogP) is 18.7. The SMILES string of the molecule is Cc1ccccc1.c1ccc(-n2c3ccccc3c3cc(-c4cccc(-c5ccc6oc7cc8c(cc7c6c5)oc5ccc(-c6ccc7c(c6)c6ccccc6n7-c6ccccc6)cc58)c4)ccc32)cc1. The second kappa shape index (κ2) is 16.4. The van der Waals surface area contributed by atoms with Crippen molar-refractivity contribution in [2.75, 3.05) is 0 Å². The molecule has 0 radical (unpaired) electrons. The average molecular weight is 909 g/mol. The van der Waals surface area contributed by atoms with E-state index in [1.807, 2.05) is 18.2 Å². The molecule has 0 amide bonds. The molecule has 4 heterocycles. The minimum absolute atomic E-state index is 0.847. The van der Waals surface area contributed by atoms with E-state index in [-0.39, 0.29) is 0 Å². The number of benzene rings is 11. The van der Waals surface area contributed by atoms with Crippen LogP contribution in [0.4, 0.5) is 0 Å². The van der Waals surface area contributed by atoms with Crippen molar-refractivity contribution in [2.45, 2.75) is 6.92 Å². The van der Waals surface area contributed by atoms with Crippen LogP contribution in [0.15, 0.2) is 258 Å². The lowest BCUT2D eigenvalue weighted by molar-refractivity contribution is 0.664. The first-order chi connectivity index (χ1) is 35.1. The Labute approximate surface area is 409 Å². The third-order valence-electron chi connectivity index (χ3n) is 14.2. The highest BCUT2D eigenvalue weighted by molar-refractivity contribution is 6.16. The van der Waals surface area contributed by atoms with Gasteiger partial charge in [-0.15, -0.1) is 0 Å². The van der Waals surface area contributed by atoms with Gasteiger partial charge in [-0.1, -0.05) is 151 Å². The number of nitrogens with zero attached hydrogens (tertiary/aromatic N) is 2. The first-order valence-corrected chi connectivity index (χ1v) is 24.2. The summed E-state index contributed by atoms with van der Waals surface area (Å²) in [5.74, 6) is 0. The highest BCUT2D eigenvalue weighted by Crippen LogP contribution is 2.42. The van der Waals surface area contributed by atoms with E-state index in [2.05, 4.69) is 247 Å². The zero-order valence-corrected chi connectivity index (χ0v) is 38.9. The van der Waals surface area contributed by atoms with E-state index in [1.54, 1.807) is 0 Å². The average Bonchev–Trinajstić information content (AvgIpc) is 4.17. The molecule has 0 atom stereocenters. The van der Waals surface area contributed by atoms with Crippen LogP contribution in [0.5, 0.6) is 0 Å². The third-order valence-corrected chi connectivity index (χ3v) is 14.2. The molecule has 4 aromatic heterocycles. The molecular formula is C67H44N2O2. The minimum atomic E-state index is 0.847. The van der Waals surface area contributed by atoms with Gasteiger partial charge in [0.1, 0.15) is 22.3 Å². The van der Waals surface area contributed by atoms with E-state index in [0.717, 1.165) is 77.5 Å². The molecule has 0 saturated heterocycles. The molecular weight excluding hydrogens is 865 g/mol. The van der Waals surface area contributed by atoms with E-state index in [9.17, 15) is 0 Å². The standard InChI is InChI=1S/C60H36N2O2.C7H8/c1-3-14-43(15-4-1)61-53-20-9-7-18-45(53)47-31-39(22-26-55(47)61)37-12-11-13-38(30-37)41-24-28-57-49(33-41)51-35-60-52(36-59(51)63-57)50-34-42(25-29-58(50)64-60)40-23-27-56-48(32-40)46-19-8-10-21-54(46)62(56)44-16-5-2-6-17-44;1-7-5-3-2-4-6-7/h1-36H;2-6H,1H3. The van der Waals surface area contributed by atoms with Crippen molar-refractivity contribution < 1.29 is 8.83 Å². The fraction of sp³-hybridized carbons (Fsp3) is 0.0149. The maximum absolute atomic E-state index is 6.57. The van der Waals surface area contributed by atoms with Crippen LogP contribution in [-0.4, -0.2) is 9.13 Å². The van der Waals surface area contributed by atoms with Crippen molar-refractivity contribution in [3.8, 4) is 44.8 Å². The van der Waals surface area contributed by atoms with Crippen LogP contribution in [0.25, 0.3) is 132 Å². The fourth-order valence-corrected chi connectivity index (χ4v) is 10.8. The van der Waals surface area contributed by atoms with Gasteiger partial charge < -0.3 is 18.0 Å². The van der Waals surface area contributed by atoms with Gasteiger partial charge in [0.15, 0.2) is 0 Å². The van der Waals surface area contributed by atoms with Crippen LogP contribution >= 0.6 is 0 Å². The summed E-state index contributed by atoms with van der Waals surface area (Å²) in [4.78, 5) is 0. The molecule has 4 heteroatoms. The van der Waals surface area contributed by atoms with Gasteiger partial charge >= 0.3 is 0 Å². The highest BCUT2D eigenvalue weighted by Gasteiger charge is 2.18. The van der Waals surface area contributed by atoms with Gasteiger partial charge in [0, 0.05) is 54.5 Å². The van der Waals surface area contributed by atoms with Crippen molar-refractivity contribution in [3.63, 3.8) is 0 Å². The highest BCUT2D eigenvalue weighted by atomic mass is 16.3. The monoisotopic (exact) mass is 908 g/mol. The summed E-state index contributed by atoms with van der Waals surface area (Å²) in [5, 5.41) is 9.18. The summed E-state index contributed by atoms with van der Waals surface area (Å²) in [6, 6.07) is 88.7. The first-order valence-electron chi connectivity index (χ1n) is 24.2. The summed E-state index contributed by atoms with van der Waals surface area (Å²) in [7, 11) is 0. The maximum Gasteiger partial charge on any atom is 0.136 e. The lowest BCUT2D eigenvalue weighted by Crippen LogP contribution is -1.92. The number of aryl methyl sites for hydroxylation is 1. The number of rotatable bonds is 5. The number of hydrogen-bond acceptors (Lipinski definition) is 2. The van der Waals surface area contributed by atoms with Gasteiger partial charge in [0.05, 0.1) is 22.1 Å². The Bertz CT molecular complexity index is 4520. The topological polar surface area (TPSA) is 36.1 Å². The van der Waals surface area contributed by atoms with E-state index < -0.39 is 0 Å². The van der Waals surface area contributed by atoms with E-state index >= 15 is 0 Å². The van der Waals surface area contributed by atoms with Crippen molar-refractivity contribution in [1.29, 1.82) is 0 Å². The number of para-hydroxylation sites is 4. The Morgan fingerprint density at radius 1 is 0.239 bits per heavy atom. The molecule has 0 aliphatic rings. The molecule has 0 bridgehead atoms. The Morgan fingerprint density at radius 2 is 0.592 bits per heavy atom. The zero-order valence-electron chi connectivity index (χ0n) is 38.9. The second-order valence-corrected chi connectivity index (χ2v) is 18.5. The molecule has 11 aromatic carbocycles. The van der Waals surface area contributed by atoms with Crippen LogP contribution in [0.2, 0.25) is 0 Å². The van der Waals surface area contributed by atoms with Gasteiger partial charge in [-0.05, 0) is 143 Å². The second-order valence-electron chi connectivity index (χ2n) is 18.5. The van der Waals surface area contributed by atoms with Crippen LogP contribution in [0.3, 0.4) is 0 Å². The van der Waals surface area contributed by atoms with Crippen molar-refractivity contribution in [1.82, 2.24) is 9.13 Å². The molecule has 15 rings (SSSR count). The Morgan fingerprint density at radius 3 is 1.03 bits per heavy atom. The van der Waals surface area contributed by atoms with Gasteiger partial charge in [-0.3, -0.25) is 0 Å². The zero-order chi connectivity index (χ0) is 47.0. The predicted molar refractivity (Wildman–Crippen MR) is 297 cm³/mol. The first kappa shape index (κ1) is 40.7. The molecule has 0 unspecified atom stereocenters. The molecule has 0 N–H and O–H groups in total. The van der Waals surface area contributed by atoms with Gasteiger partial charge in [0.25, 0.3) is 0 Å². The van der Waals surface area contributed by atoms with Crippen LogP contribution in [-0.2, 0) is 0 Å². The van der Waals surface area contributed by atoms with Crippen LogP contribution in [0, 0.1) is 6.92 Å². The largest absolute Gasteiger partial charge is 0.456 e. The van der Waals surface area contributed by atoms with E-state index in [4.69, 9.17) is 8.83 Å². The quantitative estimate of drug-likeness (QED) is 0.172. The normalized spacial score (nSPS) is 11.7. The molecule has 4 nitrogen and oxygen atoms in total. The maximum atomic E-state index is 6.57. The molecule has 0 saturated carbocycles. The number of furan rings is 2. The van der Waals surface area contributed by atoms with Crippen LogP contribution < -0.4 is 0 Å². The number of aromatic nitrogens is 2. The van der Waals surface area contributed by atoms with Crippen molar-refractivity contribution >= 4 is 87.5 Å². The lowest BCUT2D eigenvalue weighted by Gasteiger charge is -2.09. The molecule has 15 aromatic rings. The molecule has 0 aliphatic heterocycles. The minimum Gasteiger partial charge on any atom is -0.456 e. The summed E-state index contributed by atoms with van der Waals surface area (Å²) < 4.78 is 17.9. The summed E-state index contributed by atoms with van der Waals surface area (Å²) in [6.45, 7) is 2.08. The Kier molecular flexibility index (Phi) is 9.39. The van der Waals surface area contributed by atoms with E-state index in [1.165, 1.54) is 60.3 Å².